The summed E-state index contributed by atoms with van der Waals surface area (Å²) >= 11 is 0. The highest BCUT2D eigenvalue weighted by atomic mass is 127. The van der Waals surface area contributed by atoms with Crippen LogP contribution in [0.5, 0.6) is 0 Å². The largest absolute Gasteiger partial charge is 0.355 e. The fraction of sp³-hybridized carbons (Fsp3) is 0.562. The number of aliphatic imine (C=N–C) groups is 1. The van der Waals surface area contributed by atoms with Crippen LogP contribution in [0.3, 0.4) is 0 Å². The van der Waals surface area contributed by atoms with Gasteiger partial charge in [-0.3, -0.25) is 14.3 Å². The standard InChI is InChI=1S/C16H27N7.HI/c1-5-22(6-2)13(3)11-18-16(17-4)19-12-15-21-20-14-9-7-8-10-23(14)15;/h7-10,13H,5-6,11-12H2,1-4H3,(H2,17,18,19);1H. The lowest BCUT2D eigenvalue weighted by atomic mass is 10.3. The van der Waals surface area contributed by atoms with Gasteiger partial charge in [-0.1, -0.05) is 19.9 Å². The zero-order chi connectivity index (χ0) is 16.7. The molecule has 134 valence electrons. The molecule has 0 aromatic carbocycles. The van der Waals surface area contributed by atoms with Crippen LogP contribution in [-0.2, 0) is 6.54 Å². The maximum absolute atomic E-state index is 4.27. The summed E-state index contributed by atoms with van der Waals surface area (Å²) < 4.78 is 1.97. The van der Waals surface area contributed by atoms with Crippen molar-refractivity contribution in [3.63, 3.8) is 0 Å². The summed E-state index contributed by atoms with van der Waals surface area (Å²) in [5.41, 5.74) is 0.849. The minimum atomic E-state index is 0. The first kappa shape index (κ1) is 20.6. The molecule has 2 N–H and O–H groups in total. The molecule has 0 aliphatic carbocycles. The summed E-state index contributed by atoms with van der Waals surface area (Å²) in [5.74, 6) is 1.64. The van der Waals surface area contributed by atoms with E-state index < -0.39 is 0 Å². The molecule has 0 saturated carbocycles. The number of hydrogen-bond acceptors (Lipinski definition) is 4. The average Bonchev–Trinajstić information content (AvgIpc) is 2.99. The minimum absolute atomic E-state index is 0. The first-order chi connectivity index (χ1) is 11.2. The van der Waals surface area contributed by atoms with Gasteiger partial charge in [0.05, 0.1) is 6.54 Å². The van der Waals surface area contributed by atoms with Gasteiger partial charge in [0.2, 0.25) is 0 Å². The highest BCUT2D eigenvalue weighted by Gasteiger charge is 2.11. The SMILES string of the molecule is CCN(CC)C(C)CNC(=NC)NCc1nnc2ccccn12.I. The van der Waals surface area contributed by atoms with Crippen LogP contribution in [-0.4, -0.2) is 58.2 Å². The van der Waals surface area contributed by atoms with E-state index in [0.29, 0.717) is 12.6 Å². The molecule has 0 aliphatic rings. The van der Waals surface area contributed by atoms with E-state index in [4.69, 9.17) is 0 Å². The number of halogens is 1. The number of nitrogens with zero attached hydrogens (tertiary/aromatic N) is 5. The second kappa shape index (κ2) is 10.4. The zero-order valence-electron chi connectivity index (χ0n) is 14.9. The Morgan fingerprint density at radius 1 is 1.25 bits per heavy atom. The van der Waals surface area contributed by atoms with Gasteiger partial charge in [0, 0.05) is 25.8 Å². The van der Waals surface area contributed by atoms with Crippen molar-refractivity contribution in [2.24, 2.45) is 4.99 Å². The van der Waals surface area contributed by atoms with Gasteiger partial charge < -0.3 is 10.6 Å². The van der Waals surface area contributed by atoms with Crippen molar-refractivity contribution in [2.45, 2.75) is 33.4 Å². The summed E-state index contributed by atoms with van der Waals surface area (Å²) in [7, 11) is 1.78. The number of rotatable bonds is 7. The van der Waals surface area contributed by atoms with Crippen molar-refractivity contribution in [3.8, 4) is 0 Å². The topological polar surface area (TPSA) is 69.8 Å². The van der Waals surface area contributed by atoms with Gasteiger partial charge in [0.15, 0.2) is 17.4 Å². The molecule has 2 aromatic heterocycles. The fourth-order valence-corrected chi connectivity index (χ4v) is 2.62. The highest BCUT2D eigenvalue weighted by molar-refractivity contribution is 14.0. The molecular formula is C16H28IN7. The van der Waals surface area contributed by atoms with Gasteiger partial charge in [0.1, 0.15) is 0 Å². The lowest BCUT2D eigenvalue weighted by Crippen LogP contribution is -2.45. The molecule has 2 heterocycles. The molecule has 0 fully saturated rings. The number of likely N-dealkylation sites (N-methyl/N-ethyl adjacent to an activating group) is 1. The monoisotopic (exact) mass is 445 g/mol. The van der Waals surface area contributed by atoms with Gasteiger partial charge in [-0.05, 0) is 32.1 Å². The summed E-state index contributed by atoms with van der Waals surface area (Å²) in [4.78, 5) is 6.68. The lowest BCUT2D eigenvalue weighted by Gasteiger charge is -2.27. The van der Waals surface area contributed by atoms with Crippen LogP contribution in [0.2, 0.25) is 0 Å². The number of aromatic nitrogens is 3. The van der Waals surface area contributed by atoms with Crippen LogP contribution in [0.15, 0.2) is 29.4 Å². The van der Waals surface area contributed by atoms with Crippen molar-refractivity contribution >= 4 is 35.6 Å². The van der Waals surface area contributed by atoms with E-state index in [1.165, 1.54) is 0 Å². The van der Waals surface area contributed by atoms with Crippen LogP contribution in [0, 0.1) is 0 Å². The average molecular weight is 445 g/mol. The molecular weight excluding hydrogens is 417 g/mol. The molecule has 1 atom stereocenters. The maximum atomic E-state index is 4.27. The normalized spacial score (nSPS) is 13.0. The van der Waals surface area contributed by atoms with Gasteiger partial charge in [-0.2, -0.15) is 0 Å². The predicted molar refractivity (Wildman–Crippen MR) is 109 cm³/mol. The number of fused-ring (bicyclic) bond motifs is 1. The van der Waals surface area contributed by atoms with Crippen LogP contribution in [0.1, 0.15) is 26.6 Å². The molecule has 0 saturated heterocycles. The predicted octanol–water partition coefficient (Wildman–Crippen LogP) is 1.74. The summed E-state index contributed by atoms with van der Waals surface area (Å²) in [6.07, 6.45) is 1.96. The van der Waals surface area contributed by atoms with Crippen molar-refractivity contribution in [1.29, 1.82) is 0 Å². The molecule has 7 nitrogen and oxygen atoms in total. The Kier molecular flexibility index (Phi) is 8.98. The number of hydrogen-bond donors (Lipinski definition) is 2. The molecule has 0 spiro atoms. The second-order valence-corrected chi connectivity index (χ2v) is 5.42. The Balaban J connectivity index is 0.00000288. The van der Waals surface area contributed by atoms with Gasteiger partial charge in [-0.25, -0.2) is 0 Å². The van der Waals surface area contributed by atoms with Crippen molar-refractivity contribution in [1.82, 2.24) is 30.1 Å². The molecule has 0 bridgehead atoms. The number of guanidine groups is 1. The van der Waals surface area contributed by atoms with Crippen molar-refractivity contribution in [2.75, 3.05) is 26.7 Å². The second-order valence-electron chi connectivity index (χ2n) is 5.42. The van der Waals surface area contributed by atoms with E-state index >= 15 is 0 Å². The Hall–Kier alpha value is -1.42. The Bertz CT molecular complexity index is 636. The van der Waals surface area contributed by atoms with E-state index in [-0.39, 0.29) is 24.0 Å². The Morgan fingerprint density at radius 2 is 2.00 bits per heavy atom. The first-order valence-electron chi connectivity index (χ1n) is 8.16. The van der Waals surface area contributed by atoms with E-state index in [2.05, 4.69) is 51.5 Å². The third-order valence-electron chi connectivity index (χ3n) is 4.02. The van der Waals surface area contributed by atoms with Gasteiger partial charge in [-0.15, -0.1) is 34.2 Å². The maximum Gasteiger partial charge on any atom is 0.191 e. The molecule has 1 unspecified atom stereocenters. The molecule has 2 rings (SSSR count). The summed E-state index contributed by atoms with van der Waals surface area (Å²) in [6.45, 7) is 10.1. The fourth-order valence-electron chi connectivity index (χ4n) is 2.62. The van der Waals surface area contributed by atoms with E-state index in [1.807, 2.05) is 28.8 Å². The molecule has 8 heteroatoms. The summed E-state index contributed by atoms with van der Waals surface area (Å²) in [5, 5.41) is 15.0. The molecule has 0 aliphatic heterocycles. The van der Waals surface area contributed by atoms with Gasteiger partial charge in [0.25, 0.3) is 0 Å². The van der Waals surface area contributed by atoms with E-state index in [9.17, 15) is 0 Å². The summed E-state index contributed by atoms with van der Waals surface area (Å²) in [6, 6.07) is 6.32. The minimum Gasteiger partial charge on any atom is -0.355 e. The first-order valence-corrected chi connectivity index (χ1v) is 8.16. The van der Waals surface area contributed by atoms with Gasteiger partial charge >= 0.3 is 0 Å². The Morgan fingerprint density at radius 3 is 2.67 bits per heavy atom. The smallest absolute Gasteiger partial charge is 0.191 e. The third-order valence-corrected chi connectivity index (χ3v) is 4.02. The lowest BCUT2D eigenvalue weighted by molar-refractivity contribution is 0.231. The van der Waals surface area contributed by atoms with Crippen LogP contribution in [0.25, 0.3) is 5.65 Å². The van der Waals surface area contributed by atoms with E-state index in [0.717, 1.165) is 37.1 Å². The van der Waals surface area contributed by atoms with E-state index in [1.54, 1.807) is 7.05 Å². The third kappa shape index (κ3) is 5.30. The number of nitrogens with one attached hydrogen (secondary N) is 2. The molecule has 0 radical (unpaired) electrons. The van der Waals surface area contributed by atoms with Crippen molar-refractivity contribution in [3.05, 3.63) is 30.2 Å². The van der Waals surface area contributed by atoms with Crippen LogP contribution >= 0.6 is 24.0 Å². The molecule has 2 aromatic rings. The van der Waals surface area contributed by atoms with Crippen molar-refractivity contribution < 1.29 is 0 Å². The van der Waals surface area contributed by atoms with Crippen LogP contribution < -0.4 is 10.6 Å². The quantitative estimate of drug-likeness (QED) is 0.386. The molecule has 0 amide bonds. The number of pyridine rings is 1. The highest BCUT2D eigenvalue weighted by Crippen LogP contribution is 2.02. The molecule has 24 heavy (non-hydrogen) atoms. The Labute approximate surface area is 161 Å². The van der Waals surface area contributed by atoms with Crippen LogP contribution in [0.4, 0.5) is 0 Å². The zero-order valence-corrected chi connectivity index (χ0v) is 17.2.